The van der Waals surface area contributed by atoms with Crippen LogP contribution >= 0.6 is 0 Å². The number of piperidine rings is 1. The number of carbonyl (C=O) groups excluding carboxylic acids is 3. The van der Waals surface area contributed by atoms with E-state index < -0.39 is 11.9 Å². The second-order valence-electron chi connectivity index (χ2n) is 7.11. The van der Waals surface area contributed by atoms with Gasteiger partial charge in [0.15, 0.2) is 5.60 Å². The molecule has 2 fully saturated rings. The van der Waals surface area contributed by atoms with Crippen LogP contribution in [0.15, 0.2) is 12.1 Å². The molecule has 4 aliphatic heterocycles. The molecule has 1 aromatic carbocycles. The molecule has 1 spiro atoms. The number of nitrogens with zero attached hydrogens (tertiary/aromatic N) is 1. The molecule has 0 unspecified atom stereocenters. The summed E-state index contributed by atoms with van der Waals surface area (Å²) in [7, 11) is 0. The van der Waals surface area contributed by atoms with Gasteiger partial charge in [-0.15, -0.1) is 0 Å². The molecule has 8 nitrogen and oxygen atoms in total. The maximum atomic E-state index is 12.8. The smallest absolute Gasteiger partial charge is 0.255 e. The first kappa shape index (κ1) is 14.7. The monoisotopic (exact) mass is 342 g/mol. The lowest BCUT2D eigenvalue weighted by molar-refractivity contribution is -0.136. The summed E-state index contributed by atoms with van der Waals surface area (Å²) in [4.78, 5) is 37.8. The van der Waals surface area contributed by atoms with Crippen molar-refractivity contribution in [3.8, 4) is 5.75 Å². The second-order valence-corrected chi connectivity index (χ2v) is 7.11. The zero-order valence-electron chi connectivity index (χ0n) is 13.6. The fourth-order valence-electron chi connectivity index (χ4n) is 4.02. The van der Waals surface area contributed by atoms with Crippen LogP contribution < -0.4 is 20.7 Å². The summed E-state index contributed by atoms with van der Waals surface area (Å²) in [5, 5.41) is 8.96. The second kappa shape index (κ2) is 4.95. The molecule has 2 saturated heterocycles. The minimum atomic E-state index is -0.597. The predicted molar refractivity (Wildman–Crippen MR) is 87.2 cm³/mol. The van der Waals surface area contributed by atoms with Crippen molar-refractivity contribution in [3.05, 3.63) is 23.3 Å². The fourth-order valence-corrected chi connectivity index (χ4v) is 4.02. The topological polar surface area (TPSA) is 99.8 Å². The number of benzene rings is 1. The van der Waals surface area contributed by atoms with Gasteiger partial charge >= 0.3 is 0 Å². The van der Waals surface area contributed by atoms with E-state index in [4.69, 9.17) is 4.74 Å². The molecule has 4 aliphatic rings. The summed E-state index contributed by atoms with van der Waals surface area (Å²) >= 11 is 0. The molecule has 1 aromatic rings. The van der Waals surface area contributed by atoms with Crippen molar-refractivity contribution in [3.63, 3.8) is 0 Å². The SMILES string of the molecule is O=C1CC[C@H](N2Cc3c(ccc4c3NCC3(CNC3)O4)C2=O)C(=O)N1. The Kier molecular flexibility index (Phi) is 2.91. The molecule has 4 heterocycles. The molecular weight excluding hydrogens is 324 g/mol. The molecule has 1 atom stereocenters. The third kappa shape index (κ3) is 2.07. The minimum absolute atomic E-state index is 0.167. The quantitative estimate of drug-likeness (QED) is 0.600. The standard InChI is InChI=1S/C17H18N4O4/c22-13-4-2-11(15(23)20-13)21-5-10-9(16(21)24)1-3-12-14(10)19-8-17(25-12)6-18-7-17/h1,3,11,18-19H,2,4-8H2,(H,20,22,23)/t11-/m0/s1. The lowest BCUT2D eigenvalue weighted by Gasteiger charge is -2.46. The van der Waals surface area contributed by atoms with Crippen LogP contribution in [-0.4, -0.2) is 53.9 Å². The Morgan fingerprint density at radius 2 is 2.00 bits per heavy atom. The highest BCUT2D eigenvalue weighted by Gasteiger charge is 2.45. The summed E-state index contributed by atoms with van der Waals surface area (Å²) in [6.45, 7) is 2.65. The highest BCUT2D eigenvalue weighted by Crippen LogP contribution is 2.42. The summed E-state index contributed by atoms with van der Waals surface area (Å²) in [6, 6.07) is 3.00. The number of carbonyl (C=O) groups is 3. The van der Waals surface area contributed by atoms with Gasteiger partial charge in [0.25, 0.3) is 5.91 Å². The first-order valence-electron chi connectivity index (χ1n) is 8.50. The Hall–Kier alpha value is -2.61. The zero-order valence-corrected chi connectivity index (χ0v) is 13.6. The number of ether oxygens (including phenoxy) is 1. The Balaban J connectivity index is 1.45. The summed E-state index contributed by atoms with van der Waals surface area (Å²) < 4.78 is 6.15. The van der Waals surface area contributed by atoms with Gasteiger partial charge < -0.3 is 20.3 Å². The molecule has 0 aliphatic carbocycles. The van der Waals surface area contributed by atoms with Gasteiger partial charge in [-0.3, -0.25) is 19.7 Å². The van der Waals surface area contributed by atoms with Crippen LogP contribution in [0.2, 0.25) is 0 Å². The average molecular weight is 342 g/mol. The number of anilines is 1. The Bertz CT molecular complexity index is 817. The number of hydrogen-bond acceptors (Lipinski definition) is 6. The number of hydrogen-bond donors (Lipinski definition) is 3. The first-order valence-corrected chi connectivity index (χ1v) is 8.50. The van der Waals surface area contributed by atoms with E-state index >= 15 is 0 Å². The van der Waals surface area contributed by atoms with E-state index in [2.05, 4.69) is 16.0 Å². The van der Waals surface area contributed by atoms with E-state index in [0.717, 1.165) is 30.1 Å². The molecule has 3 N–H and O–H groups in total. The van der Waals surface area contributed by atoms with Crippen LogP contribution in [0.4, 0.5) is 5.69 Å². The molecule has 5 rings (SSSR count). The van der Waals surface area contributed by atoms with Crippen molar-refractivity contribution in [2.45, 2.75) is 31.0 Å². The van der Waals surface area contributed by atoms with Gasteiger partial charge in [0, 0.05) is 37.2 Å². The molecule has 3 amide bonds. The van der Waals surface area contributed by atoms with Crippen molar-refractivity contribution < 1.29 is 19.1 Å². The van der Waals surface area contributed by atoms with Crippen molar-refractivity contribution in [2.24, 2.45) is 0 Å². The maximum Gasteiger partial charge on any atom is 0.255 e. The van der Waals surface area contributed by atoms with Crippen molar-refractivity contribution in [2.75, 3.05) is 25.0 Å². The van der Waals surface area contributed by atoms with Gasteiger partial charge in [0.1, 0.15) is 11.8 Å². The van der Waals surface area contributed by atoms with Crippen LogP contribution in [0.5, 0.6) is 5.75 Å². The molecular formula is C17H18N4O4. The van der Waals surface area contributed by atoms with Gasteiger partial charge in [-0.25, -0.2) is 0 Å². The van der Waals surface area contributed by atoms with Crippen molar-refractivity contribution in [1.29, 1.82) is 0 Å². The highest BCUT2D eigenvalue weighted by molar-refractivity contribution is 6.06. The van der Waals surface area contributed by atoms with Crippen molar-refractivity contribution >= 4 is 23.4 Å². The van der Waals surface area contributed by atoms with E-state index in [0.29, 0.717) is 25.1 Å². The third-order valence-corrected chi connectivity index (χ3v) is 5.49. The maximum absolute atomic E-state index is 12.8. The lowest BCUT2D eigenvalue weighted by atomic mass is 9.94. The van der Waals surface area contributed by atoms with E-state index in [9.17, 15) is 14.4 Å². The zero-order chi connectivity index (χ0) is 17.2. The van der Waals surface area contributed by atoms with Crippen LogP contribution in [0.1, 0.15) is 28.8 Å². The lowest BCUT2D eigenvalue weighted by Crippen LogP contribution is -2.67. The molecule has 8 heteroatoms. The number of amides is 3. The van der Waals surface area contributed by atoms with Crippen LogP contribution in [0, 0.1) is 0 Å². The Labute approximate surface area is 143 Å². The number of nitrogens with one attached hydrogen (secondary N) is 3. The van der Waals surface area contributed by atoms with E-state index in [1.807, 2.05) is 6.07 Å². The van der Waals surface area contributed by atoms with Crippen LogP contribution in [0.25, 0.3) is 0 Å². The third-order valence-electron chi connectivity index (χ3n) is 5.49. The fraction of sp³-hybridized carbons (Fsp3) is 0.471. The molecule has 0 saturated carbocycles. The Morgan fingerprint density at radius 3 is 2.72 bits per heavy atom. The predicted octanol–water partition coefficient (Wildman–Crippen LogP) is -0.406. The average Bonchev–Trinajstić information content (AvgIpc) is 2.90. The van der Waals surface area contributed by atoms with Gasteiger partial charge in [0.2, 0.25) is 11.8 Å². The van der Waals surface area contributed by atoms with Gasteiger partial charge in [-0.1, -0.05) is 0 Å². The number of rotatable bonds is 1. The highest BCUT2D eigenvalue weighted by atomic mass is 16.5. The van der Waals surface area contributed by atoms with Gasteiger partial charge in [0.05, 0.1) is 12.2 Å². The normalized spacial score (nSPS) is 26.3. The van der Waals surface area contributed by atoms with E-state index in [-0.39, 0.29) is 23.8 Å². The molecule has 25 heavy (non-hydrogen) atoms. The largest absolute Gasteiger partial charge is 0.481 e. The number of fused-ring (bicyclic) bond motifs is 3. The summed E-state index contributed by atoms with van der Waals surface area (Å²) in [5.74, 6) is -0.0867. The molecule has 130 valence electrons. The van der Waals surface area contributed by atoms with Gasteiger partial charge in [-0.2, -0.15) is 0 Å². The molecule has 0 aromatic heterocycles. The minimum Gasteiger partial charge on any atom is -0.481 e. The first-order chi connectivity index (χ1) is 12.1. The number of imide groups is 1. The van der Waals surface area contributed by atoms with Gasteiger partial charge in [-0.05, 0) is 18.6 Å². The summed E-state index contributed by atoms with van der Waals surface area (Å²) in [5.41, 5.74) is 2.11. The van der Waals surface area contributed by atoms with Crippen LogP contribution in [-0.2, 0) is 16.1 Å². The summed E-state index contributed by atoms with van der Waals surface area (Å²) in [6.07, 6.45) is 0.622. The van der Waals surface area contributed by atoms with Crippen molar-refractivity contribution in [1.82, 2.24) is 15.5 Å². The van der Waals surface area contributed by atoms with E-state index in [1.165, 1.54) is 0 Å². The van der Waals surface area contributed by atoms with Crippen LogP contribution in [0.3, 0.4) is 0 Å². The molecule has 0 radical (unpaired) electrons. The molecule has 0 bridgehead atoms. The van der Waals surface area contributed by atoms with E-state index in [1.54, 1.807) is 11.0 Å². The Morgan fingerprint density at radius 1 is 1.16 bits per heavy atom.